The number of benzene rings is 1. The quantitative estimate of drug-likeness (QED) is 0.762. The molecule has 1 unspecified atom stereocenters. The van der Waals surface area contributed by atoms with Crippen LogP contribution in [0.2, 0.25) is 0 Å². The van der Waals surface area contributed by atoms with Gasteiger partial charge in [0, 0.05) is 25.2 Å². The molecule has 21 heavy (non-hydrogen) atoms. The highest BCUT2D eigenvalue weighted by molar-refractivity contribution is 7.89. The van der Waals surface area contributed by atoms with Gasteiger partial charge in [-0.15, -0.1) is 0 Å². The second kappa shape index (κ2) is 6.87. The minimum atomic E-state index is -3.43. The van der Waals surface area contributed by atoms with Gasteiger partial charge >= 0.3 is 0 Å². The third-order valence-corrected chi connectivity index (χ3v) is 5.35. The van der Waals surface area contributed by atoms with Gasteiger partial charge in [0.05, 0.1) is 4.90 Å². The first-order chi connectivity index (χ1) is 9.94. The molecule has 0 bridgehead atoms. The molecule has 0 radical (unpaired) electrons. The first kappa shape index (κ1) is 16.4. The Morgan fingerprint density at radius 3 is 2.43 bits per heavy atom. The highest BCUT2D eigenvalue weighted by atomic mass is 32.2. The van der Waals surface area contributed by atoms with Crippen molar-refractivity contribution in [3.8, 4) is 0 Å². The van der Waals surface area contributed by atoms with Gasteiger partial charge in [-0.3, -0.25) is 4.90 Å². The van der Waals surface area contributed by atoms with Crippen molar-refractivity contribution >= 4 is 10.0 Å². The summed E-state index contributed by atoms with van der Waals surface area (Å²) < 4.78 is 27.1. The Hall–Kier alpha value is -0.950. The molecule has 1 aliphatic carbocycles. The van der Waals surface area contributed by atoms with Gasteiger partial charge in [0.25, 0.3) is 0 Å². The smallest absolute Gasteiger partial charge is 0.240 e. The maximum atomic E-state index is 12.2. The molecule has 1 atom stereocenters. The predicted molar refractivity (Wildman–Crippen MR) is 84.5 cm³/mol. The number of nitrogens with zero attached hydrogens (tertiary/aromatic N) is 1. The van der Waals surface area contributed by atoms with E-state index in [1.165, 1.54) is 12.8 Å². The molecular formula is C15H25N3O2S. The zero-order valence-corrected chi connectivity index (χ0v) is 13.6. The van der Waals surface area contributed by atoms with Gasteiger partial charge in [-0.05, 0) is 44.0 Å². The van der Waals surface area contributed by atoms with E-state index in [4.69, 9.17) is 5.73 Å². The van der Waals surface area contributed by atoms with Crippen molar-refractivity contribution in [3.63, 3.8) is 0 Å². The van der Waals surface area contributed by atoms with Crippen molar-refractivity contribution in [2.24, 2.45) is 5.73 Å². The lowest BCUT2D eigenvalue weighted by Gasteiger charge is -2.19. The molecule has 0 aliphatic heterocycles. The molecule has 6 heteroatoms. The monoisotopic (exact) mass is 311 g/mol. The lowest BCUT2D eigenvalue weighted by Crippen LogP contribution is -2.36. The Labute approximate surface area is 127 Å². The Kier molecular flexibility index (Phi) is 5.37. The van der Waals surface area contributed by atoms with Crippen molar-refractivity contribution < 1.29 is 8.42 Å². The van der Waals surface area contributed by atoms with Crippen LogP contribution in [0.5, 0.6) is 0 Å². The largest absolute Gasteiger partial charge is 0.324 e. The van der Waals surface area contributed by atoms with Crippen LogP contribution in [0, 0.1) is 0 Å². The van der Waals surface area contributed by atoms with Crippen molar-refractivity contribution in [3.05, 3.63) is 29.8 Å². The van der Waals surface area contributed by atoms with Crippen LogP contribution in [0.15, 0.2) is 29.2 Å². The summed E-state index contributed by atoms with van der Waals surface area (Å²) in [6.07, 6.45) is 2.47. The van der Waals surface area contributed by atoms with E-state index in [0.29, 0.717) is 17.5 Å². The predicted octanol–water partition coefficient (Wildman–Crippen LogP) is 1.47. The van der Waals surface area contributed by atoms with Gasteiger partial charge in [-0.25, -0.2) is 13.1 Å². The number of likely N-dealkylation sites (N-methyl/N-ethyl adjacent to an activating group) is 1. The number of hydrogen-bond acceptors (Lipinski definition) is 4. The SMILES string of the molecule is CCN(CCNS(=O)(=O)c1ccc(C(C)N)cc1)C1CC1. The van der Waals surface area contributed by atoms with Gasteiger partial charge in [-0.2, -0.15) is 0 Å². The molecular weight excluding hydrogens is 286 g/mol. The fourth-order valence-corrected chi connectivity index (χ4v) is 3.42. The lowest BCUT2D eigenvalue weighted by atomic mass is 10.1. The zero-order valence-electron chi connectivity index (χ0n) is 12.7. The van der Waals surface area contributed by atoms with E-state index < -0.39 is 10.0 Å². The summed E-state index contributed by atoms with van der Waals surface area (Å²) in [4.78, 5) is 2.61. The Morgan fingerprint density at radius 1 is 1.33 bits per heavy atom. The molecule has 1 aliphatic rings. The van der Waals surface area contributed by atoms with E-state index in [9.17, 15) is 8.42 Å². The summed E-state index contributed by atoms with van der Waals surface area (Å²) in [5.41, 5.74) is 6.70. The number of nitrogens with one attached hydrogen (secondary N) is 1. The van der Waals surface area contributed by atoms with Crippen LogP contribution >= 0.6 is 0 Å². The summed E-state index contributed by atoms with van der Waals surface area (Å²) in [5.74, 6) is 0. The minimum Gasteiger partial charge on any atom is -0.324 e. The Morgan fingerprint density at radius 2 is 1.95 bits per heavy atom. The average Bonchev–Trinajstić information content (AvgIpc) is 3.28. The van der Waals surface area contributed by atoms with Crippen molar-refractivity contribution in [2.75, 3.05) is 19.6 Å². The summed E-state index contributed by atoms with van der Waals surface area (Å²) in [5, 5.41) is 0. The van der Waals surface area contributed by atoms with E-state index >= 15 is 0 Å². The molecule has 1 aromatic rings. The molecule has 1 fully saturated rings. The average molecular weight is 311 g/mol. The molecule has 5 nitrogen and oxygen atoms in total. The zero-order chi connectivity index (χ0) is 15.5. The summed E-state index contributed by atoms with van der Waals surface area (Å²) in [6, 6.07) is 7.32. The van der Waals surface area contributed by atoms with Gasteiger partial charge in [0.1, 0.15) is 0 Å². The fraction of sp³-hybridized carbons (Fsp3) is 0.600. The molecule has 118 valence electrons. The molecule has 2 rings (SSSR count). The van der Waals surface area contributed by atoms with Gasteiger partial charge in [-0.1, -0.05) is 19.1 Å². The van der Waals surface area contributed by atoms with Gasteiger partial charge in [0.2, 0.25) is 10.0 Å². The van der Waals surface area contributed by atoms with E-state index in [1.54, 1.807) is 24.3 Å². The second-order valence-corrected chi connectivity index (χ2v) is 7.38. The molecule has 0 heterocycles. The molecule has 0 amide bonds. The third-order valence-electron chi connectivity index (χ3n) is 3.88. The third kappa shape index (κ3) is 4.51. The Balaban J connectivity index is 1.91. The molecule has 0 saturated heterocycles. The first-order valence-electron chi connectivity index (χ1n) is 7.53. The van der Waals surface area contributed by atoms with Gasteiger partial charge in [0.15, 0.2) is 0 Å². The summed E-state index contributed by atoms with van der Waals surface area (Å²) in [7, 11) is -3.43. The van der Waals surface area contributed by atoms with Crippen molar-refractivity contribution in [2.45, 2.75) is 43.7 Å². The molecule has 0 aromatic heterocycles. The van der Waals surface area contributed by atoms with Crippen LogP contribution in [0.4, 0.5) is 0 Å². The molecule has 0 spiro atoms. The molecule has 3 N–H and O–H groups in total. The maximum Gasteiger partial charge on any atom is 0.240 e. The van der Waals surface area contributed by atoms with Crippen LogP contribution in [-0.2, 0) is 10.0 Å². The number of sulfonamides is 1. The second-order valence-electron chi connectivity index (χ2n) is 5.62. The van der Waals surface area contributed by atoms with Crippen molar-refractivity contribution in [1.29, 1.82) is 0 Å². The number of nitrogens with two attached hydrogens (primary N) is 1. The van der Waals surface area contributed by atoms with Crippen LogP contribution in [0.1, 0.15) is 38.3 Å². The standard InChI is InChI=1S/C15H25N3O2S/c1-3-18(14-6-7-14)11-10-17-21(19,20)15-8-4-13(5-9-15)12(2)16/h4-5,8-9,12,14,17H,3,6-7,10-11,16H2,1-2H3. The van der Waals surface area contributed by atoms with Crippen LogP contribution in [0.25, 0.3) is 0 Å². The summed E-state index contributed by atoms with van der Waals surface area (Å²) >= 11 is 0. The number of hydrogen-bond donors (Lipinski definition) is 2. The van der Waals surface area contributed by atoms with Gasteiger partial charge < -0.3 is 5.73 Å². The molecule has 1 aromatic carbocycles. The van der Waals surface area contributed by atoms with Crippen LogP contribution in [-0.4, -0.2) is 39.0 Å². The Bertz CT molecular complexity index is 551. The fourth-order valence-electron chi connectivity index (χ4n) is 2.40. The van der Waals surface area contributed by atoms with E-state index in [-0.39, 0.29) is 6.04 Å². The topological polar surface area (TPSA) is 75.4 Å². The van der Waals surface area contributed by atoms with E-state index in [2.05, 4.69) is 16.5 Å². The highest BCUT2D eigenvalue weighted by Crippen LogP contribution is 2.25. The highest BCUT2D eigenvalue weighted by Gasteiger charge is 2.27. The lowest BCUT2D eigenvalue weighted by molar-refractivity contribution is 0.282. The van der Waals surface area contributed by atoms with Crippen LogP contribution in [0.3, 0.4) is 0 Å². The van der Waals surface area contributed by atoms with E-state index in [0.717, 1.165) is 18.7 Å². The summed E-state index contributed by atoms with van der Waals surface area (Å²) in [6.45, 7) is 6.16. The maximum absolute atomic E-state index is 12.2. The van der Waals surface area contributed by atoms with Crippen molar-refractivity contribution in [1.82, 2.24) is 9.62 Å². The first-order valence-corrected chi connectivity index (χ1v) is 9.01. The normalized spacial score (nSPS) is 17.1. The van der Waals surface area contributed by atoms with Crippen LogP contribution < -0.4 is 10.5 Å². The minimum absolute atomic E-state index is 0.0913. The van der Waals surface area contributed by atoms with E-state index in [1.807, 2.05) is 6.92 Å². The number of rotatable bonds is 8. The molecule has 1 saturated carbocycles.